The van der Waals surface area contributed by atoms with Gasteiger partial charge in [0.25, 0.3) is 11.5 Å². The molecule has 1 heterocycles. The third-order valence-corrected chi connectivity index (χ3v) is 5.17. The Kier molecular flexibility index (Phi) is 7.94. The van der Waals surface area contributed by atoms with Gasteiger partial charge in [-0.3, -0.25) is 19.1 Å². The number of anilines is 2. The number of hydrogen-bond acceptors (Lipinski definition) is 5. The highest BCUT2D eigenvalue weighted by Gasteiger charge is 2.26. The van der Waals surface area contributed by atoms with E-state index in [0.29, 0.717) is 18.7 Å². The Morgan fingerprint density at radius 2 is 1.65 bits per heavy atom. The largest absolute Gasteiger partial charge is 0.489 e. The van der Waals surface area contributed by atoms with E-state index in [2.05, 4.69) is 4.98 Å². The van der Waals surface area contributed by atoms with Crippen LogP contribution in [0, 0.1) is 11.8 Å². The number of benzene rings is 2. The van der Waals surface area contributed by atoms with Gasteiger partial charge in [0.15, 0.2) is 5.69 Å². The molecule has 0 saturated carbocycles. The summed E-state index contributed by atoms with van der Waals surface area (Å²) in [6.07, 6.45) is 0. The Labute approximate surface area is 199 Å². The number of aromatic amines is 1. The summed E-state index contributed by atoms with van der Waals surface area (Å²) in [4.78, 5) is 42.3. The van der Waals surface area contributed by atoms with E-state index in [0.717, 1.165) is 11.3 Å². The summed E-state index contributed by atoms with van der Waals surface area (Å²) in [5, 5.41) is 0. The molecular weight excluding hydrogens is 432 g/mol. The molecule has 0 atom stereocenters. The molecule has 0 aliphatic heterocycles. The second-order valence-corrected chi connectivity index (χ2v) is 9.11. The molecule has 8 heteroatoms. The molecule has 0 aliphatic rings. The summed E-state index contributed by atoms with van der Waals surface area (Å²) in [6.45, 7) is 8.73. The molecule has 0 spiro atoms. The quantitative estimate of drug-likeness (QED) is 0.502. The lowest BCUT2D eigenvalue weighted by atomic mass is 10.1. The first-order valence-electron chi connectivity index (χ1n) is 11.4. The number of aromatic nitrogens is 2. The van der Waals surface area contributed by atoms with Crippen molar-refractivity contribution in [1.29, 1.82) is 0 Å². The van der Waals surface area contributed by atoms with Crippen LogP contribution >= 0.6 is 0 Å². The molecule has 1 amide bonds. The minimum atomic E-state index is -0.676. The fraction of sp³-hybridized carbons (Fsp3) is 0.346. The zero-order valence-corrected chi connectivity index (χ0v) is 20.1. The average Bonchev–Trinajstić information content (AvgIpc) is 2.80. The second-order valence-electron chi connectivity index (χ2n) is 9.11. The van der Waals surface area contributed by atoms with Crippen molar-refractivity contribution in [2.45, 2.75) is 40.8 Å². The summed E-state index contributed by atoms with van der Waals surface area (Å²) < 4.78 is 7.07. The van der Waals surface area contributed by atoms with E-state index in [9.17, 15) is 14.4 Å². The van der Waals surface area contributed by atoms with Crippen LogP contribution in [0.3, 0.4) is 0 Å². The first-order valence-corrected chi connectivity index (χ1v) is 11.4. The normalized spacial score (nSPS) is 11.1. The lowest BCUT2D eigenvalue weighted by Gasteiger charge is -2.26. The van der Waals surface area contributed by atoms with Gasteiger partial charge in [-0.2, -0.15) is 0 Å². The van der Waals surface area contributed by atoms with Crippen molar-refractivity contribution in [3.05, 3.63) is 86.6 Å². The van der Waals surface area contributed by atoms with Crippen LogP contribution in [-0.2, 0) is 13.2 Å². The Hall–Kier alpha value is -3.81. The highest BCUT2D eigenvalue weighted by molar-refractivity contribution is 6.07. The maximum absolute atomic E-state index is 13.5. The summed E-state index contributed by atoms with van der Waals surface area (Å²) >= 11 is 0. The van der Waals surface area contributed by atoms with E-state index in [4.69, 9.17) is 10.5 Å². The van der Waals surface area contributed by atoms with Gasteiger partial charge >= 0.3 is 5.69 Å². The van der Waals surface area contributed by atoms with Gasteiger partial charge in [0, 0.05) is 18.7 Å². The molecule has 2 aromatic carbocycles. The SMILES string of the molecule is CC(C)CN(C(=O)c1ccc(COc2ccccc2)cc1)c1c(N)n(CC(C)C)c(=O)[nH]c1=O. The molecule has 180 valence electrons. The number of rotatable bonds is 9. The van der Waals surface area contributed by atoms with Crippen molar-refractivity contribution in [3.8, 4) is 5.75 Å². The molecule has 3 N–H and O–H groups in total. The number of carbonyl (C=O) groups excluding carboxylic acids is 1. The molecule has 0 fully saturated rings. The highest BCUT2D eigenvalue weighted by Crippen LogP contribution is 2.22. The molecule has 0 unspecified atom stereocenters. The van der Waals surface area contributed by atoms with Crippen LogP contribution in [0.2, 0.25) is 0 Å². The Morgan fingerprint density at radius 1 is 1.00 bits per heavy atom. The van der Waals surface area contributed by atoms with Crippen LogP contribution in [0.15, 0.2) is 64.2 Å². The van der Waals surface area contributed by atoms with Gasteiger partial charge in [-0.1, -0.05) is 58.0 Å². The lowest BCUT2D eigenvalue weighted by molar-refractivity contribution is 0.0983. The van der Waals surface area contributed by atoms with Gasteiger partial charge in [-0.15, -0.1) is 0 Å². The molecular formula is C26H32N4O4. The zero-order chi connectivity index (χ0) is 24.8. The Morgan fingerprint density at radius 3 is 2.24 bits per heavy atom. The van der Waals surface area contributed by atoms with Gasteiger partial charge in [0.05, 0.1) is 0 Å². The number of ether oxygens (including phenoxy) is 1. The third-order valence-electron chi connectivity index (χ3n) is 5.17. The van der Waals surface area contributed by atoms with E-state index in [1.165, 1.54) is 9.47 Å². The van der Waals surface area contributed by atoms with Crippen LogP contribution in [0.1, 0.15) is 43.6 Å². The number of nitrogens with zero attached hydrogens (tertiary/aromatic N) is 2. The predicted molar refractivity (Wildman–Crippen MR) is 134 cm³/mol. The van der Waals surface area contributed by atoms with Crippen molar-refractivity contribution >= 4 is 17.4 Å². The first kappa shape index (κ1) is 24.8. The van der Waals surface area contributed by atoms with Crippen LogP contribution in [0.25, 0.3) is 0 Å². The maximum Gasteiger partial charge on any atom is 0.330 e. The summed E-state index contributed by atoms with van der Waals surface area (Å²) in [6, 6.07) is 16.5. The summed E-state index contributed by atoms with van der Waals surface area (Å²) in [5.74, 6) is 0.572. The van der Waals surface area contributed by atoms with Gasteiger partial charge < -0.3 is 15.4 Å². The van der Waals surface area contributed by atoms with Gasteiger partial charge in [-0.05, 0) is 41.7 Å². The number of H-pyrrole nitrogens is 1. The Balaban J connectivity index is 1.91. The number of nitrogens with two attached hydrogens (primary N) is 1. The number of amides is 1. The zero-order valence-electron chi connectivity index (χ0n) is 20.1. The monoisotopic (exact) mass is 464 g/mol. The number of nitrogen functional groups attached to an aromatic ring is 1. The van der Waals surface area contributed by atoms with Crippen LogP contribution in [-0.4, -0.2) is 22.0 Å². The van der Waals surface area contributed by atoms with Crippen LogP contribution < -0.4 is 26.6 Å². The molecule has 3 rings (SSSR count). The number of carbonyl (C=O) groups is 1. The van der Waals surface area contributed by atoms with Crippen LogP contribution in [0.5, 0.6) is 5.75 Å². The molecule has 3 aromatic rings. The van der Waals surface area contributed by atoms with Crippen LogP contribution in [0.4, 0.5) is 11.5 Å². The van der Waals surface area contributed by atoms with Crippen molar-refractivity contribution in [2.75, 3.05) is 17.2 Å². The van der Waals surface area contributed by atoms with Gasteiger partial charge in [0.2, 0.25) is 0 Å². The number of para-hydroxylation sites is 1. The van der Waals surface area contributed by atoms with E-state index in [1.54, 1.807) is 12.1 Å². The maximum atomic E-state index is 13.5. The number of hydrogen-bond donors (Lipinski definition) is 2. The van der Waals surface area contributed by atoms with Crippen molar-refractivity contribution in [3.63, 3.8) is 0 Å². The standard InChI is InChI=1S/C26H32N4O4/c1-17(2)14-29(22-23(27)30(15-18(3)4)26(33)28-24(22)31)25(32)20-12-10-19(11-13-20)16-34-21-8-6-5-7-9-21/h5-13,17-18H,14-16,27H2,1-4H3,(H,28,31,33). The molecule has 0 radical (unpaired) electrons. The van der Waals surface area contributed by atoms with E-state index in [1.807, 2.05) is 70.2 Å². The average molecular weight is 465 g/mol. The molecule has 1 aromatic heterocycles. The molecule has 0 bridgehead atoms. The van der Waals surface area contributed by atoms with Crippen molar-refractivity contribution in [2.24, 2.45) is 11.8 Å². The number of nitrogens with one attached hydrogen (secondary N) is 1. The molecule has 34 heavy (non-hydrogen) atoms. The van der Waals surface area contributed by atoms with Gasteiger partial charge in [0.1, 0.15) is 18.2 Å². The summed E-state index contributed by atoms with van der Waals surface area (Å²) in [7, 11) is 0. The third kappa shape index (κ3) is 5.95. The van der Waals surface area contributed by atoms with Gasteiger partial charge in [-0.25, -0.2) is 4.79 Å². The molecule has 0 aliphatic carbocycles. The predicted octanol–water partition coefficient (Wildman–Crippen LogP) is 3.66. The topological polar surface area (TPSA) is 110 Å². The fourth-order valence-electron chi connectivity index (χ4n) is 3.61. The minimum Gasteiger partial charge on any atom is -0.489 e. The molecule has 8 nitrogen and oxygen atoms in total. The van der Waals surface area contributed by atoms with Crippen molar-refractivity contribution in [1.82, 2.24) is 9.55 Å². The second kappa shape index (κ2) is 10.9. The molecule has 0 saturated heterocycles. The Bertz CT molecular complexity index is 1230. The van der Waals surface area contributed by atoms with Crippen molar-refractivity contribution < 1.29 is 9.53 Å². The smallest absolute Gasteiger partial charge is 0.330 e. The summed E-state index contributed by atoms with van der Waals surface area (Å²) in [5.41, 5.74) is 6.32. The fourth-order valence-corrected chi connectivity index (χ4v) is 3.61. The van der Waals surface area contributed by atoms with E-state index >= 15 is 0 Å². The van der Waals surface area contributed by atoms with E-state index in [-0.39, 0.29) is 35.8 Å². The lowest BCUT2D eigenvalue weighted by Crippen LogP contribution is -2.43. The van der Waals surface area contributed by atoms with E-state index < -0.39 is 11.2 Å². The minimum absolute atomic E-state index is 0.00422. The first-order chi connectivity index (χ1) is 16.2. The highest BCUT2D eigenvalue weighted by atomic mass is 16.5.